The normalized spacial score (nSPS) is 17.4. The molecule has 0 heterocycles. The Kier molecular flexibility index (Phi) is 8.72. The van der Waals surface area contributed by atoms with Gasteiger partial charge in [0, 0.05) is 29.4 Å². The fourth-order valence-electron chi connectivity index (χ4n) is 4.53. The van der Waals surface area contributed by atoms with Crippen LogP contribution in [0.4, 0.5) is 22.7 Å². The van der Waals surface area contributed by atoms with Crippen molar-refractivity contribution in [2.24, 2.45) is 16.8 Å². The van der Waals surface area contributed by atoms with Gasteiger partial charge in [0.25, 0.3) is 0 Å². The first-order valence-electron chi connectivity index (χ1n) is 13.2. The van der Waals surface area contributed by atoms with Crippen LogP contribution in [0.3, 0.4) is 0 Å². The standard InChI is InChI=1S/C31H36N4O2/c1-3-5-9-22(4-2)30(36)34-24-14-12-21(13-15-24)20-33-29-18-25(16-17-28(29)32)35-31(37)27-19-26(27)23-10-7-6-8-11-23/h6-8,10-18,20,22,26-27H,3-5,9,19,32H2,1-2H3,(H,34,36)(H,35,37). The van der Waals surface area contributed by atoms with Crippen molar-refractivity contribution in [3.8, 4) is 0 Å². The van der Waals surface area contributed by atoms with Gasteiger partial charge in [0.05, 0.1) is 11.4 Å². The number of nitrogens with one attached hydrogen (secondary N) is 2. The van der Waals surface area contributed by atoms with Gasteiger partial charge in [-0.05, 0) is 66.6 Å². The second-order valence-electron chi connectivity index (χ2n) is 9.74. The fraction of sp³-hybridized carbons (Fsp3) is 0.323. The highest BCUT2D eigenvalue weighted by atomic mass is 16.2. The molecule has 0 spiro atoms. The summed E-state index contributed by atoms with van der Waals surface area (Å²) in [7, 11) is 0. The summed E-state index contributed by atoms with van der Waals surface area (Å²) < 4.78 is 0. The van der Waals surface area contributed by atoms with Crippen LogP contribution in [-0.4, -0.2) is 18.0 Å². The van der Waals surface area contributed by atoms with Crippen LogP contribution in [0.2, 0.25) is 0 Å². The van der Waals surface area contributed by atoms with Crippen LogP contribution in [-0.2, 0) is 9.59 Å². The quantitative estimate of drug-likeness (QED) is 0.199. The number of carbonyl (C=O) groups is 2. The van der Waals surface area contributed by atoms with Gasteiger partial charge in [-0.2, -0.15) is 0 Å². The molecule has 4 N–H and O–H groups in total. The van der Waals surface area contributed by atoms with E-state index in [0.29, 0.717) is 17.1 Å². The minimum atomic E-state index is -0.00911. The van der Waals surface area contributed by atoms with Gasteiger partial charge in [0.1, 0.15) is 0 Å². The van der Waals surface area contributed by atoms with Gasteiger partial charge < -0.3 is 16.4 Å². The molecule has 0 saturated heterocycles. The molecule has 1 fully saturated rings. The smallest absolute Gasteiger partial charge is 0.228 e. The van der Waals surface area contributed by atoms with E-state index in [1.54, 1.807) is 24.4 Å². The number of carbonyl (C=O) groups excluding carboxylic acids is 2. The Labute approximate surface area is 219 Å². The molecule has 1 saturated carbocycles. The number of hydrogen-bond donors (Lipinski definition) is 3. The molecule has 3 unspecified atom stereocenters. The maximum atomic E-state index is 12.7. The number of aliphatic imine (C=N–C) groups is 1. The van der Waals surface area contributed by atoms with Gasteiger partial charge in [-0.1, -0.05) is 69.2 Å². The van der Waals surface area contributed by atoms with Crippen LogP contribution in [0.1, 0.15) is 63.0 Å². The number of hydrogen-bond acceptors (Lipinski definition) is 4. The molecular weight excluding hydrogens is 460 g/mol. The Morgan fingerprint density at radius 3 is 2.43 bits per heavy atom. The third-order valence-corrected chi connectivity index (χ3v) is 6.95. The van der Waals surface area contributed by atoms with Crippen LogP contribution < -0.4 is 16.4 Å². The van der Waals surface area contributed by atoms with Crippen LogP contribution in [0.15, 0.2) is 77.8 Å². The molecule has 3 atom stereocenters. The van der Waals surface area contributed by atoms with E-state index in [1.807, 2.05) is 42.5 Å². The summed E-state index contributed by atoms with van der Waals surface area (Å²) in [5.74, 6) is 0.409. The second-order valence-corrected chi connectivity index (χ2v) is 9.74. The summed E-state index contributed by atoms with van der Waals surface area (Å²) in [5, 5.41) is 6.03. The maximum Gasteiger partial charge on any atom is 0.228 e. The molecule has 3 aromatic rings. The van der Waals surface area contributed by atoms with Gasteiger partial charge in [-0.25, -0.2) is 0 Å². The zero-order valence-electron chi connectivity index (χ0n) is 21.6. The van der Waals surface area contributed by atoms with Gasteiger partial charge in [-0.3, -0.25) is 14.6 Å². The number of nitrogen functional groups attached to an aromatic ring is 1. The topological polar surface area (TPSA) is 96.6 Å². The zero-order valence-corrected chi connectivity index (χ0v) is 21.6. The number of nitrogens with two attached hydrogens (primary N) is 1. The van der Waals surface area contributed by atoms with Crippen LogP contribution in [0.5, 0.6) is 0 Å². The molecule has 0 bridgehead atoms. The minimum absolute atomic E-state index is 0.00911. The number of benzene rings is 3. The maximum absolute atomic E-state index is 12.7. The van der Waals surface area contributed by atoms with E-state index in [4.69, 9.17) is 5.73 Å². The Hall–Kier alpha value is -3.93. The number of anilines is 3. The van der Waals surface area contributed by atoms with Crippen molar-refractivity contribution in [1.82, 2.24) is 0 Å². The molecule has 37 heavy (non-hydrogen) atoms. The lowest BCUT2D eigenvalue weighted by molar-refractivity contribution is -0.120. The molecule has 1 aliphatic rings. The predicted molar refractivity (Wildman–Crippen MR) is 152 cm³/mol. The van der Waals surface area contributed by atoms with Crippen molar-refractivity contribution in [2.45, 2.75) is 51.9 Å². The van der Waals surface area contributed by atoms with Crippen LogP contribution >= 0.6 is 0 Å². The predicted octanol–water partition coefficient (Wildman–Crippen LogP) is 6.92. The summed E-state index contributed by atoms with van der Waals surface area (Å²) in [6.07, 6.45) is 6.50. The SMILES string of the molecule is CCCCC(CC)C(=O)Nc1ccc(C=Nc2cc(NC(=O)C3CC3c3ccccc3)ccc2N)cc1. The van der Waals surface area contributed by atoms with Crippen molar-refractivity contribution in [3.63, 3.8) is 0 Å². The Bertz CT molecular complexity index is 1240. The number of unbranched alkanes of at least 4 members (excludes halogenated alkanes) is 1. The van der Waals surface area contributed by atoms with E-state index in [1.165, 1.54) is 5.56 Å². The molecule has 0 radical (unpaired) electrons. The largest absolute Gasteiger partial charge is 0.397 e. The molecular formula is C31H36N4O2. The molecule has 4 rings (SSSR count). The Balaban J connectivity index is 1.35. The monoisotopic (exact) mass is 496 g/mol. The Morgan fingerprint density at radius 2 is 1.73 bits per heavy atom. The average molecular weight is 497 g/mol. The van der Waals surface area contributed by atoms with E-state index in [-0.39, 0.29) is 29.6 Å². The van der Waals surface area contributed by atoms with Crippen LogP contribution in [0.25, 0.3) is 0 Å². The number of rotatable bonds is 11. The van der Waals surface area contributed by atoms with Crippen molar-refractivity contribution in [1.29, 1.82) is 0 Å². The summed E-state index contributed by atoms with van der Waals surface area (Å²) >= 11 is 0. The van der Waals surface area contributed by atoms with E-state index in [0.717, 1.165) is 43.4 Å². The second kappa shape index (κ2) is 12.3. The highest BCUT2D eigenvalue weighted by Gasteiger charge is 2.43. The van der Waals surface area contributed by atoms with Gasteiger partial charge in [0.15, 0.2) is 0 Å². The summed E-state index contributed by atoms with van der Waals surface area (Å²) in [6, 6.07) is 23.1. The summed E-state index contributed by atoms with van der Waals surface area (Å²) in [5.41, 5.74) is 10.8. The van der Waals surface area contributed by atoms with E-state index < -0.39 is 0 Å². The Morgan fingerprint density at radius 1 is 1.00 bits per heavy atom. The molecule has 0 aliphatic heterocycles. The highest BCUT2D eigenvalue weighted by Crippen LogP contribution is 2.48. The molecule has 6 nitrogen and oxygen atoms in total. The van der Waals surface area contributed by atoms with Crippen molar-refractivity contribution < 1.29 is 9.59 Å². The highest BCUT2D eigenvalue weighted by molar-refractivity contribution is 5.96. The van der Waals surface area contributed by atoms with Crippen molar-refractivity contribution in [2.75, 3.05) is 16.4 Å². The third kappa shape index (κ3) is 7.06. The molecule has 3 aromatic carbocycles. The molecule has 192 valence electrons. The van der Waals surface area contributed by atoms with Gasteiger partial charge >= 0.3 is 0 Å². The first kappa shape index (κ1) is 26.1. The van der Waals surface area contributed by atoms with E-state index in [2.05, 4.69) is 41.6 Å². The van der Waals surface area contributed by atoms with E-state index >= 15 is 0 Å². The average Bonchev–Trinajstić information content (AvgIpc) is 3.72. The minimum Gasteiger partial charge on any atom is -0.397 e. The van der Waals surface area contributed by atoms with Crippen LogP contribution in [0, 0.1) is 11.8 Å². The lowest BCUT2D eigenvalue weighted by Crippen LogP contribution is -2.22. The van der Waals surface area contributed by atoms with E-state index in [9.17, 15) is 9.59 Å². The van der Waals surface area contributed by atoms with Gasteiger partial charge in [-0.15, -0.1) is 0 Å². The molecule has 1 aliphatic carbocycles. The third-order valence-electron chi connectivity index (χ3n) is 6.95. The molecule has 6 heteroatoms. The zero-order chi connectivity index (χ0) is 26.2. The van der Waals surface area contributed by atoms with Gasteiger partial charge in [0.2, 0.25) is 11.8 Å². The molecule has 0 aromatic heterocycles. The first-order chi connectivity index (χ1) is 18.0. The van der Waals surface area contributed by atoms with Crippen molar-refractivity contribution >= 4 is 40.8 Å². The summed E-state index contributed by atoms with van der Waals surface area (Å²) in [6.45, 7) is 4.19. The van der Waals surface area contributed by atoms with Crippen molar-refractivity contribution in [3.05, 3.63) is 83.9 Å². The summed E-state index contributed by atoms with van der Waals surface area (Å²) in [4.78, 5) is 29.8. The first-order valence-corrected chi connectivity index (χ1v) is 13.2. The fourth-order valence-corrected chi connectivity index (χ4v) is 4.53. The lowest BCUT2D eigenvalue weighted by Gasteiger charge is -2.14. The molecule has 2 amide bonds. The number of amides is 2. The lowest BCUT2D eigenvalue weighted by atomic mass is 9.98. The number of nitrogens with zero attached hydrogens (tertiary/aromatic N) is 1.